The summed E-state index contributed by atoms with van der Waals surface area (Å²) in [6.07, 6.45) is 0. The van der Waals surface area contributed by atoms with Crippen LogP contribution in [0.1, 0.15) is 39.0 Å². The number of aryl methyl sites for hydroxylation is 2. The summed E-state index contributed by atoms with van der Waals surface area (Å²) in [6, 6.07) is 15.8. The molecule has 0 fully saturated rings. The van der Waals surface area contributed by atoms with Crippen LogP contribution in [0.25, 0.3) is 0 Å². The van der Waals surface area contributed by atoms with Gasteiger partial charge in [0.25, 0.3) is 5.91 Å². The number of para-hydroxylation sites is 1. The van der Waals surface area contributed by atoms with E-state index in [2.05, 4.69) is 20.6 Å². The first kappa shape index (κ1) is 18.3. The van der Waals surface area contributed by atoms with Gasteiger partial charge in [-0.2, -0.15) is 0 Å². The van der Waals surface area contributed by atoms with Crippen molar-refractivity contribution in [2.75, 3.05) is 10.6 Å². The van der Waals surface area contributed by atoms with Crippen LogP contribution in [-0.4, -0.2) is 21.7 Å². The number of nitrogens with zero attached hydrogens (tertiary/aromatic N) is 2. The average molecular weight is 360 g/mol. The molecule has 0 saturated carbocycles. The summed E-state index contributed by atoms with van der Waals surface area (Å²) >= 11 is 0. The molecule has 3 aromatic rings. The number of anilines is 3. The molecule has 2 N–H and O–H groups in total. The minimum Gasteiger partial charge on any atom is -0.324 e. The minimum atomic E-state index is -0.280. The van der Waals surface area contributed by atoms with E-state index in [-0.39, 0.29) is 11.7 Å². The molecular formula is C21H20N4O2. The zero-order chi connectivity index (χ0) is 19.4. The lowest BCUT2D eigenvalue weighted by atomic mass is 10.1. The van der Waals surface area contributed by atoms with E-state index in [9.17, 15) is 9.59 Å². The van der Waals surface area contributed by atoms with Gasteiger partial charge in [-0.05, 0) is 63.2 Å². The normalized spacial score (nSPS) is 10.3. The van der Waals surface area contributed by atoms with E-state index in [0.29, 0.717) is 22.8 Å². The first-order chi connectivity index (χ1) is 12.9. The van der Waals surface area contributed by atoms with E-state index in [1.807, 2.05) is 19.9 Å². The largest absolute Gasteiger partial charge is 0.324 e. The van der Waals surface area contributed by atoms with Gasteiger partial charge in [0.2, 0.25) is 5.95 Å². The third kappa shape index (κ3) is 4.55. The van der Waals surface area contributed by atoms with E-state index in [4.69, 9.17) is 0 Å². The molecule has 0 aliphatic rings. The monoisotopic (exact) mass is 360 g/mol. The van der Waals surface area contributed by atoms with Crippen molar-refractivity contribution in [3.05, 3.63) is 77.1 Å². The lowest BCUT2D eigenvalue weighted by molar-refractivity contribution is 0.101. The first-order valence-electron chi connectivity index (χ1n) is 8.53. The Kier molecular flexibility index (Phi) is 5.26. The number of nitrogens with one attached hydrogen (secondary N) is 2. The summed E-state index contributed by atoms with van der Waals surface area (Å²) in [7, 11) is 0. The Morgan fingerprint density at radius 3 is 2.15 bits per heavy atom. The van der Waals surface area contributed by atoms with Gasteiger partial charge in [0, 0.05) is 28.2 Å². The molecule has 0 radical (unpaired) electrons. The molecule has 1 amide bonds. The van der Waals surface area contributed by atoms with Crippen molar-refractivity contribution in [2.45, 2.75) is 20.8 Å². The van der Waals surface area contributed by atoms with E-state index in [1.165, 1.54) is 6.92 Å². The van der Waals surface area contributed by atoms with Crippen LogP contribution in [-0.2, 0) is 0 Å². The van der Waals surface area contributed by atoms with Crippen molar-refractivity contribution in [2.24, 2.45) is 0 Å². The lowest BCUT2D eigenvalue weighted by Crippen LogP contribution is -2.14. The number of Topliss-reactive ketones (excluding diaryl/α,β-unsaturated/α-hetero) is 1. The maximum atomic E-state index is 12.5. The van der Waals surface area contributed by atoms with Crippen LogP contribution in [0, 0.1) is 13.8 Å². The Labute approximate surface area is 157 Å². The Morgan fingerprint density at radius 2 is 1.52 bits per heavy atom. The molecule has 0 bridgehead atoms. The van der Waals surface area contributed by atoms with Gasteiger partial charge in [-0.1, -0.05) is 12.1 Å². The fourth-order valence-corrected chi connectivity index (χ4v) is 2.71. The van der Waals surface area contributed by atoms with Crippen LogP contribution < -0.4 is 10.6 Å². The molecule has 0 spiro atoms. The van der Waals surface area contributed by atoms with E-state index < -0.39 is 0 Å². The van der Waals surface area contributed by atoms with Crippen molar-refractivity contribution in [1.82, 2.24) is 9.97 Å². The third-order valence-corrected chi connectivity index (χ3v) is 3.94. The maximum Gasteiger partial charge on any atom is 0.255 e. The average Bonchev–Trinajstić information content (AvgIpc) is 2.61. The summed E-state index contributed by atoms with van der Waals surface area (Å²) in [5.41, 5.74) is 4.01. The second-order valence-corrected chi connectivity index (χ2v) is 6.23. The third-order valence-electron chi connectivity index (χ3n) is 3.94. The Bertz CT molecular complexity index is 977. The molecule has 0 aliphatic carbocycles. The molecule has 1 heterocycles. The van der Waals surface area contributed by atoms with Gasteiger partial charge in [-0.15, -0.1) is 0 Å². The van der Waals surface area contributed by atoms with Crippen LogP contribution in [0.15, 0.2) is 54.6 Å². The van der Waals surface area contributed by atoms with Crippen molar-refractivity contribution in [3.63, 3.8) is 0 Å². The predicted molar refractivity (Wildman–Crippen MR) is 106 cm³/mol. The van der Waals surface area contributed by atoms with Gasteiger partial charge in [-0.25, -0.2) is 9.97 Å². The Balaban J connectivity index is 1.73. The summed E-state index contributed by atoms with van der Waals surface area (Å²) in [4.78, 5) is 32.8. The summed E-state index contributed by atoms with van der Waals surface area (Å²) in [5.74, 6) is 0.136. The molecule has 6 heteroatoms. The van der Waals surface area contributed by atoms with Gasteiger partial charge in [-0.3, -0.25) is 9.59 Å². The van der Waals surface area contributed by atoms with Gasteiger partial charge < -0.3 is 10.6 Å². The van der Waals surface area contributed by atoms with Crippen molar-refractivity contribution in [3.8, 4) is 0 Å². The standard InChI is InChI=1S/C21H20N4O2/c1-13-12-14(2)23-21(22-13)24-17-10-8-16(9-11-17)20(27)25-19-7-5-4-6-18(19)15(3)26/h4-12H,1-3H3,(H,25,27)(H,22,23,24). The Morgan fingerprint density at radius 1 is 0.889 bits per heavy atom. The molecule has 6 nitrogen and oxygen atoms in total. The number of amides is 1. The van der Waals surface area contributed by atoms with Crippen molar-refractivity contribution >= 4 is 29.0 Å². The molecule has 0 atom stereocenters. The fourth-order valence-electron chi connectivity index (χ4n) is 2.71. The molecule has 0 saturated heterocycles. The molecule has 27 heavy (non-hydrogen) atoms. The molecular weight excluding hydrogens is 340 g/mol. The summed E-state index contributed by atoms with van der Waals surface area (Å²) < 4.78 is 0. The quantitative estimate of drug-likeness (QED) is 0.663. The number of rotatable bonds is 5. The molecule has 0 aliphatic heterocycles. The molecule has 136 valence electrons. The summed E-state index contributed by atoms with van der Waals surface area (Å²) in [5, 5.41) is 5.91. The number of carbonyl (C=O) groups is 2. The fraction of sp³-hybridized carbons (Fsp3) is 0.143. The number of benzene rings is 2. The van der Waals surface area contributed by atoms with Gasteiger partial charge in [0.15, 0.2) is 5.78 Å². The number of hydrogen-bond donors (Lipinski definition) is 2. The van der Waals surface area contributed by atoms with Crippen LogP contribution >= 0.6 is 0 Å². The van der Waals surface area contributed by atoms with E-state index in [1.54, 1.807) is 48.5 Å². The maximum absolute atomic E-state index is 12.5. The highest BCUT2D eigenvalue weighted by Crippen LogP contribution is 2.19. The molecule has 3 rings (SSSR count). The highest BCUT2D eigenvalue weighted by atomic mass is 16.1. The number of hydrogen-bond acceptors (Lipinski definition) is 5. The molecule has 2 aromatic carbocycles. The highest BCUT2D eigenvalue weighted by Gasteiger charge is 2.11. The van der Waals surface area contributed by atoms with Crippen LogP contribution in [0.5, 0.6) is 0 Å². The van der Waals surface area contributed by atoms with Crippen LogP contribution in [0.4, 0.5) is 17.3 Å². The van der Waals surface area contributed by atoms with Gasteiger partial charge in [0.05, 0.1) is 5.69 Å². The number of carbonyl (C=O) groups excluding carboxylic acids is 2. The first-order valence-corrected chi connectivity index (χ1v) is 8.53. The lowest BCUT2D eigenvalue weighted by Gasteiger charge is -2.10. The van der Waals surface area contributed by atoms with Crippen LogP contribution in [0.2, 0.25) is 0 Å². The SMILES string of the molecule is CC(=O)c1ccccc1NC(=O)c1ccc(Nc2nc(C)cc(C)n2)cc1. The van der Waals surface area contributed by atoms with E-state index in [0.717, 1.165) is 17.1 Å². The van der Waals surface area contributed by atoms with Crippen molar-refractivity contribution < 1.29 is 9.59 Å². The van der Waals surface area contributed by atoms with Gasteiger partial charge in [0.1, 0.15) is 0 Å². The van der Waals surface area contributed by atoms with Gasteiger partial charge >= 0.3 is 0 Å². The van der Waals surface area contributed by atoms with Crippen LogP contribution in [0.3, 0.4) is 0 Å². The minimum absolute atomic E-state index is 0.0982. The Hall–Kier alpha value is -3.54. The second kappa shape index (κ2) is 7.78. The zero-order valence-corrected chi connectivity index (χ0v) is 15.4. The predicted octanol–water partition coefficient (Wildman–Crippen LogP) is 4.29. The number of aromatic nitrogens is 2. The molecule has 1 aromatic heterocycles. The molecule has 0 unspecified atom stereocenters. The highest BCUT2D eigenvalue weighted by molar-refractivity contribution is 6.09. The summed E-state index contributed by atoms with van der Waals surface area (Å²) in [6.45, 7) is 5.29. The zero-order valence-electron chi connectivity index (χ0n) is 15.4. The second-order valence-electron chi connectivity index (χ2n) is 6.23. The van der Waals surface area contributed by atoms with Crippen molar-refractivity contribution in [1.29, 1.82) is 0 Å². The topological polar surface area (TPSA) is 84.0 Å². The smallest absolute Gasteiger partial charge is 0.255 e. The number of ketones is 1. The van der Waals surface area contributed by atoms with E-state index >= 15 is 0 Å².